The molecule has 0 saturated heterocycles. The number of aryl methyl sites for hydroxylation is 1. The van der Waals surface area contributed by atoms with Crippen molar-refractivity contribution < 1.29 is 27.5 Å². The summed E-state index contributed by atoms with van der Waals surface area (Å²) in [6.07, 6.45) is -3.96. The van der Waals surface area contributed by atoms with Gasteiger partial charge in [-0.25, -0.2) is 4.68 Å². The van der Waals surface area contributed by atoms with Crippen molar-refractivity contribution in [3.05, 3.63) is 57.5 Å². The van der Waals surface area contributed by atoms with E-state index in [-0.39, 0.29) is 17.9 Å². The number of aromatic nitrogens is 2. The lowest BCUT2D eigenvalue weighted by atomic mass is 10.2. The van der Waals surface area contributed by atoms with Crippen LogP contribution in [0.25, 0.3) is 5.69 Å². The number of alkyl halides is 3. The number of ether oxygens (including phenoxy) is 1. The molecule has 0 fully saturated rings. The molecule has 1 aromatic carbocycles. The van der Waals surface area contributed by atoms with Crippen molar-refractivity contribution in [3.8, 4) is 5.69 Å². The number of halogens is 3. The van der Waals surface area contributed by atoms with Crippen molar-refractivity contribution in [2.75, 3.05) is 33.9 Å². The monoisotopic (exact) mass is 440 g/mol. The first-order valence-electron chi connectivity index (χ1n) is 9.34. The van der Waals surface area contributed by atoms with E-state index in [9.17, 15) is 27.6 Å². The molecule has 31 heavy (non-hydrogen) atoms. The Balaban J connectivity index is 2.25. The molecule has 1 heterocycles. The predicted molar refractivity (Wildman–Crippen MR) is 106 cm³/mol. The average Bonchev–Trinajstić information content (AvgIpc) is 2.70. The van der Waals surface area contributed by atoms with Gasteiger partial charge in [0.25, 0.3) is 5.91 Å². The van der Waals surface area contributed by atoms with E-state index in [1.807, 2.05) is 0 Å². The lowest BCUT2D eigenvalue weighted by molar-refractivity contribution is -0.137. The fourth-order valence-electron chi connectivity index (χ4n) is 2.74. The average molecular weight is 440 g/mol. The van der Waals surface area contributed by atoms with E-state index in [4.69, 9.17) is 4.74 Å². The highest BCUT2D eigenvalue weighted by molar-refractivity contribution is 5.94. The van der Waals surface area contributed by atoms with Gasteiger partial charge in [-0.05, 0) is 31.5 Å². The molecule has 0 bridgehead atoms. The standard InChI is InChI=1S/C20H23F3N4O4/c1-13-10-16(28)18(19(30)26(2)12-17(29)24-8-5-9-31-3)25-27(13)15-7-4-6-14(11-15)20(21,22)23/h4,6-7,10-11H,5,8-9,12H2,1-3H3,(H,24,29). The fourth-order valence-corrected chi connectivity index (χ4v) is 2.74. The van der Waals surface area contributed by atoms with Crippen LogP contribution in [0.5, 0.6) is 0 Å². The summed E-state index contributed by atoms with van der Waals surface area (Å²) in [6.45, 7) is 2.00. The van der Waals surface area contributed by atoms with E-state index >= 15 is 0 Å². The Hall–Kier alpha value is -3.21. The van der Waals surface area contributed by atoms with E-state index in [0.29, 0.717) is 19.6 Å². The van der Waals surface area contributed by atoms with Crippen molar-refractivity contribution in [2.45, 2.75) is 19.5 Å². The Bertz CT molecular complexity index is 1000. The molecule has 0 aliphatic heterocycles. The molecule has 168 valence electrons. The van der Waals surface area contributed by atoms with Crippen LogP contribution in [0.1, 0.15) is 28.2 Å². The minimum Gasteiger partial charge on any atom is -0.385 e. The van der Waals surface area contributed by atoms with Crippen LogP contribution in [0.4, 0.5) is 13.2 Å². The minimum absolute atomic E-state index is 0.0416. The quantitative estimate of drug-likeness (QED) is 0.632. The smallest absolute Gasteiger partial charge is 0.385 e. The summed E-state index contributed by atoms with van der Waals surface area (Å²) < 4.78 is 45.0. The third-order valence-electron chi connectivity index (χ3n) is 4.30. The zero-order valence-corrected chi connectivity index (χ0v) is 17.3. The number of carbonyl (C=O) groups is 2. The van der Waals surface area contributed by atoms with Gasteiger partial charge in [0.2, 0.25) is 11.3 Å². The van der Waals surface area contributed by atoms with E-state index in [0.717, 1.165) is 27.8 Å². The molecular formula is C20H23F3N4O4. The summed E-state index contributed by atoms with van der Waals surface area (Å²) in [6, 6.07) is 5.48. The number of nitrogens with zero attached hydrogens (tertiary/aromatic N) is 3. The van der Waals surface area contributed by atoms with Gasteiger partial charge in [0, 0.05) is 39.1 Å². The van der Waals surface area contributed by atoms with Gasteiger partial charge < -0.3 is 15.0 Å². The van der Waals surface area contributed by atoms with Crippen LogP contribution in [-0.4, -0.2) is 60.3 Å². The Morgan fingerprint density at radius 3 is 2.61 bits per heavy atom. The number of amides is 2. The van der Waals surface area contributed by atoms with Gasteiger partial charge in [0.1, 0.15) is 0 Å². The van der Waals surface area contributed by atoms with Crippen molar-refractivity contribution in [1.82, 2.24) is 20.0 Å². The maximum Gasteiger partial charge on any atom is 0.416 e. The van der Waals surface area contributed by atoms with Gasteiger partial charge in [-0.2, -0.15) is 18.3 Å². The number of methoxy groups -OCH3 is 1. The number of hydrogen-bond acceptors (Lipinski definition) is 5. The van der Waals surface area contributed by atoms with Crippen LogP contribution in [-0.2, 0) is 15.7 Å². The topological polar surface area (TPSA) is 93.5 Å². The summed E-state index contributed by atoms with van der Waals surface area (Å²) in [5.74, 6) is -1.25. The Morgan fingerprint density at radius 1 is 1.26 bits per heavy atom. The van der Waals surface area contributed by atoms with Crippen molar-refractivity contribution in [2.24, 2.45) is 0 Å². The molecule has 8 nitrogen and oxygen atoms in total. The maximum atomic E-state index is 13.0. The van der Waals surface area contributed by atoms with Gasteiger partial charge in [-0.3, -0.25) is 14.4 Å². The zero-order valence-electron chi connectivity index (χ0n) is 17.3. The second-order valence-corrected chi connectivity index (χ2v) is 6.82. The van der Waals surface area contributed by atoms with E-state index in [1.165, 1.54) is 33.2 Å². The van der Waals surface area contributed by atoms with Crippen LogP contribution in [0.3, 0.4) is 0 Å². The molecule has 0 aliphatic rings. The SMILES string of the molecule is COCCCNC(=O)CN(C)C(=O)c1nn(-c2cccc(C(F)(F)F)c2)c(C)cc1=O. The molecule has 0 aliphatic carbocycles. The molecule has 1 aromatic heterocycles. The molecule has 2 aromatic rings. The zero-order chi connectivity index (χ0) is 23.2. The van der Waals surface area contributed by atoms with Crippen LogP contribution < -0.4 is 10.7 Å². The molecule has 0 spiro atoms. The number of nitrogens with one attached hydrogen (secondary N) is 1. The fraction of sp³-hybridized carbons (Fsp3) is 0.400. The summed E-state index contributed by atoms with van der Waals surface area (Å²) in [5, 5.41) is 6.59. The number of hydrogen-bond donors (Lipinski definition) is 1. The van der Waals surface area contributed by atoms with Crippen LogP contribution in [0.15, 0.2) is 35.1 Å². The third-order valence-corrected chi connectivity index (χ3v) is 4.30. The Labute approximate surface area is 176 Å². The number of rotatable bonds is 8. The summed E-state index contributed by atoms with van der Waals surface area (Å²) in [5.41, 5.74) is -1.80. The highest BCUT2D eigenvalue weighted by Gasteiger charge is 2.30. The summed E-state index contributed by atoms with van der Waals surface area (Å²) in [4.78, 5) is 37.9. The molecule has 2 amide bonds. The van der Waals surface area contributed by atoms with Gasteiger partial charge >= 0.3 is 6.18 Å². The Morgan fingerprint density at radius 2 is 1.97 bits per heavy atom. The first kappa shape index (κ1) is 24.1. The second kappa shape index (κ2) is 10.2. The molecule has 0 atom stereocenters. The molecule has 0 saturated carbocycles. The molecular weight excluding hydrogens is 417 g/mol. The van der Waals surface area contributed by atoms with Crippen LogP contribution >= 0.6 is 0 Å². The lowest BCUT2D eigenvalue weighted by Crippen LogP contribution is -2.41. The molecule has 1 N–H and O–H groups in total. The van der Waals surface area contributed by atoms with E-state index < -0.39 is 34.7 Å². The number of carbonyl (C=O) groups excluding carboxylic acids is 2. The van der Waals surface area contributed by atoms with Crippen molar-refractivity contribution in [1.29, 1.82) is 0 Å². The van der Waals surface area contributed by atoms with Gasteiger partial charge in [-0.15, -0.1) is 0 Å². The van der Waals surface area contributed by atoms with Crippen molar-refractivity contribution in [3.63, 3.8) is 0 Å². The third kappa shape index (κ3) is 6.38. The number of likely N-dealkylation sites (N-methyl/N-ethyl adjacent to an activating group) is 1. The summed E-state index contributed by atoms with van der Waals surface area (Å²) in [7, 11) is 2.86. The molecule has 2 rings (SSSR count). The first-order valence-corrected chi connectivity index (χ1v) is 9.34. The van der Waals surface area contributed by atoms with Gasteiger partial charge in [-0.1, -0.05) is 6.07 Å². The predicted octanol–water partition coefficient (Wildman–Crippen LogP) is 1.78. The van der Waals surface area contributed by atoms with E-state index in [1.54, 1.807) is 0 Å². The normalized spacial score (nSPS) is 11.3. The van der Waals surface area contributed by atoms with Gasteiger partial charge in [0.05, 0.1) is 17.8 Å². The molecule has 0 unspecified atom stereocenters. The highest BCUT2D eigenvalue weighted by atomic mass is 19.4. The molecule has 0 radical (unpaired) electrons. The van der Waals surface area contributed by atoms with Crippen LogP contribution in [0, 0.1) is 6.92 Å². The molecule has 11 heteroatoms. The second-order valence-electron chi connectivity index (χ2n) is 6.82. The van der Waals surface area contributed by atoms with Crippen molar-refractivity contribution >= 4 is 11.8 Å². The minimum atomic E-state index is -4.56. The largest absolute Gasteiger partial charge is 0.416 e. The Kier molecular flexibility index (Phi) is 7.92. The lowest BCUT2D eigenvalue weighted by Gasteiger charge is -2.18. The summed E-state index contributed by atoms with van der Waals surface area (Å²) >= 11 is 0. The van der Waals surface area contributed by atoms with Crippen LogP contribution in [0.2, 0.25) is 0 Å². The highest BCUT2D eigenvalue weighted by Crippen LogP contribution is 2.30. The number of benzene rings is 1. The van der Waals surface area contributed by atoms with Gasteiger partial charge in [0.15, 0.2) is 5.69 Å². The maximum absolute atomic E-state index is 13.0. The van der Waals surface area contributed by atoms with E-state index in [2.05, 4.69) is 10.4 Å². The first-order chi connectivity index (χ1) is 14.5.